The highest BCUT2D eigenvalue weighted by Crippen LogP contribution is 2.32. The number of hydrogen-bond acceptors (Lipinski definition) is 3. The maximum Gasteiger partial charge on any atom is 0.231 e. The summed E-state index contributed by atoms with van der Waals surface area (Å²) in [5.74, 6) is 1.67. The van der Waals surface area contributed by atoms with Crippen molar-refractivity contribution in [3.63, 3.8) is 0 Å². The van der Waals surface area contributed by atoms with Gasteiger partial charge in [0.05, 0.1) is 0 Å². The lowest BCUT2D eigenvalue weighted by molar-refractivity contribution is 0.174. The second-order valence-corrected chi connectivity index (χ2v) is 5.26. The molecule has 0 unspecified atom stereocenters. The fourth-order valence-corrected chi connectivity index (χ4v) is 2.61. The van der Waals surface area contributed by atoms with E-state index in [2.05, 4.69) is 29.2 Å². The van der Waals surface area contributed by atoms with Gasteiger partial charge < -0.3 is 9.47 Å². The van der Waals surface area contributed by atoms with E-state index in [4.69, 9.17) is 9.47 Å². The Kier molecular flexibility index (Phi) is 4.38. The average molecular weight is 271 g/mol. The Balaban J connectivity index is 1.49. The molecule has 0 aromatic heterocycles. The van der Waals surface area contributed by atoms with Gasteiger partial charge in [0, 0.05) is 6.54 Å². The molecule has 3 nitrogen and oxygen atoms in total. The van der Waals surface area contributed by atoms with Gasteiger partial charge in [-0.3, -0.25) is 4.90 Å². The Hall–Kier alpha value is -1.74. The number of piperidine rings is 1. The molecule has 2 aliphatic rings. The van der Waals surface area contributed by atoms with Crippen molar-refractivity contribution in [2.45, 2.75) is 19.3 Å². The molecule has 0 aliphatic carbocycles. The third-order valence-electron chi connectivity index (χ3n) is 3.74. The maximum atomic E-state index is 5.37. The zero-order chi connectivity index (χ0) is 13.6. The predicted molar refractivity (Wildman–Crippen MR) is 81.0 cm³/mol. The Bertz CT molecular complexity index is 502. The van der Waals surface area contributed by atoms with Crippen molar-refractivity contribution in [1.29, 1.82) is 0 Å². The van der Waals surface area contributed by atoms with Crippen molar-refractivity contribution in [2.75, 3.05) is 26.4 Å². The highest BCUT2D eigenvalue weighted by molar-refractivity contribution is 5.57. The van der Waals surface area contributed by atoms with Gasteiger partial charge in [-0.1, -0.05) is 36.8 Å². The predicted octanol–water partition coefficient (Wildman–Crippen LogP) is 3.47. The van der Waals surface area contributed by atoms with Gasteiger partial charge in [0.2, 0.25) is 6.79 Å². The van der Waals surface area contributed by atoms with Crippen LogP contribution in [0, 0.1) is 0 Å². The van der Waals surface area contributed by atoms with E-state index in [0.717, 1.165) is 23.6 Å². The summed E-state index contributed by atoms with van der Waals surface area (Å²) >= 11 is 0. The average Bonchev–Trinajstić information content (AvgIpc) is 2.95. The molecular formula is C17H21NO2. The first kappa shape index (κ1) is 13.3. The van der Waals surface area contributed by atoms with Crippen molar-refractivity contribution in [3.8, 4) is 11.5 Å². The number of allylic oxidation sites excluding steroid dienone is 2. The summed E-state index contributed by atoms with van der Waals surface area (Å²) < 4.78 is 10.7. The topological polar surface area (TPSA) is 21.7 Å². The molecule has 3 rings (SSSR count). The van der Waals surface area contributed by atoms with Crippen LogP contribution in [0.1, 0.15) is 24.8 Å². The summed E-state index contributed by atoms with van der Waals surface area (Å²) in [4.78, 5) is 2.51. The quantitative estimate of drug-likeness (QED) is 0.783. The number of rotatable bonds is 4. The number of ether oxygens (including phenoxy) is 2. The van der Waals surface area contributed by atoms with Gasteiger partial charge in [0.15, 0.2) is 11.5 Å². The maximum absolute atomic E-state index is 5.37. The molecule has 0 amide bonds. The molecule has 20 heavy (non-hydrogen) atoms. The van der Waals surface area contributed by atoms with Crippen LogP contribution in [0.3, 0.4) is 0 Å². The van der Waals surface area contributed by atoms with Crippen molar-refractivity contribution < 1.29 is 9.47 Å². The molecule has 0 N–H and O–H groups in total. The van der Waals surface area contributed by atoms with Crippen LogP contribution in [-0.4, -0.2) is 31.3 Å². The highest BCUT2D eigenvalue weighted by Gasteiger charge is 2.12. The van der Waals surface area contributed by atoms with Gasteiger partial charge >= 0.3 is 0 Å². The number of nitrogens with zero attached hydrogens (tertiary/aromatic N) is 1. The number of hydrogen-bond donors (Lipinski definition) is 0. The zero-order valence-electron chi connectivity index (χ0n) is 11.8. The SMILES string of the molecule is C(/C=C/c1ccc2c(c1)OCO2)=C\CN1CCCCC1. The van der Waals surface area contributed by atoms with Crippen LogP contribution >= 0.6 is 0 Å². The van der Waals surface area contributed by atoms with E-state index in [9.17, 15) is 0 Å². The minimum atomic E-state index is 0.332. The normalized spacial score (nSPS) is 19.2. The van der Waals surface area contributed by atoms with Crippen molar-refractivity contribution in [1.82, 2.24) is 4.90 Å². The van der Waals surface area contributed by atoms with Crippen molar-refractivity contribution >= 4 is 6.08 Å². The third-order valence-corrected chi connectivity index (χ3v) is 3.74. The van der Waals surface area contributed by atoms with E-state index in [-0.39, 0.29) is 0 Å². The summed E-state index contributed by atoms with van der Waals surface area (Å²) in [6.45, 7) is 3.89. The number of benzene rings is 1. The number of fused-ring (bicyclic) bond motifs is 1. The second-order valence-electron chi connectivity index (χ2n) is 5.26. The van der Waals surface area contributed by atoms with Crippen molar-refractivity contribution in [2.24, 2.45) is 0 Å². The lowest BCUT2D eigenvalue weighted by Crippen LogP contribution is -2.29. The van der Waals surface area contributed by atoms with Gasteiger partial charge in [0.25, 0.3) is 0 Å². The van der Waals surface area contributed by atoms with Crippen LogP contribution < -0.4 is 9.47 Å². The summed E-state index contributed by atoms with van der Waals surface area (Å²) in [5, 5.41) is 0. The first-order chi connectivity index (χ1) is 9.92. The molecule has 2 aliphatic heterocycles. The largest absolute Gasteiger partial charge is 0.454 e. The molecule has 0 radical (unpaired) electrons. The van der Waals surface area contributed by atoms with Crippen LogP contribution in [0.2, 0.25) is 0 Å². The highest BCUT2D eigenvalue weighted by atomic mass is 16.7. The molecule has 0 atom stereocenters. The Morgan fingerprint density at radius 3 is 2.75 bits per heavy atom. The third kappa shape index (κ3) is 3.42. The molecule has 0 spiro atoms. The fraction of sp³-hybridized carbons (Fsp3) is 0.412. The molecule has 0 saturated carbocycles. The molecule has 0 bridgehead atoms. The van der Waals surface area contributed by atoms with Gasteiger partial charge in [-0.25, -0.2) is 0 Å². The molecule has 1 fully saturated rings. The molecule has 1 aromatic rings. The van der Waals surface area contributed by atoms with Crippen LogP contribution in [0.5, 0.6) is 11.5 Å². The van der Waals surface area contributed by atoms with Gasteiger partial charge in [-0.15, -0.1) is 0 Å². The lowest BCUT2D eigenvalue weighted by Gasteiger charge is -2.24. The summed E-state index contributed by atoms with van der Waals surface area (Å²) in [6, 6.07) is 6.01. The van der Waals surface area contributed by atoms with Crippen LogP contribution in [0.4, 0.5) is 0 Å². The Labute approximate surface area is 120 Å². The molecule has 2 heterocycles. The van der Waals surface area contributed by atoms with E-state index in [1.165, 1.54) is 32.4 Å². The van der Waals surface area contributed by atoms with Gasteiger partial charge in [-0.05, 0) is 43.6 Å². The van der Waals surface area contributed by atoms with Gasteiger partial charge in [0.1, 0.15) is 0 Å². The monoisotopic (exact) mass is 271 g/mol. The summed E-state index contributed by atoms with van der Waals surface area (Å²) in [6.07, 6.45) is 12.6. The number of likely N-dealkylation sites (tertiary alicyclic amines) is 1. The molecule has 3 heteroatoms. The zero-order valence-corrected chi connectivity index (χ0v) is 11.8. The smallest absolute Gasteiger partial charge is 0.231 e. The first-order valence-electron chi connectivity index (χ1n) is 7.37. The Morgan fingerprint density at radius 2 is 1.85 bits per heavy atom. The second kappa shape index (κ2) is 6.62. The van der Waals surface area contributed by atoms with Crippen LogP contribution in [-0.2, 0) is 0 Å². The minimum absolute atomic E-state index is 0.332. The van der Waals surface area contributed by atoms with E-state index < -0.39 is 0 Å². The van der Waals surface area contributed by atoms with Crippen molar-refractivity contribution in [3.05, 3.63) is 42.0 Å². The Morgan fingerprint density at radius 1 is 1.00 bits per heavy atom. The van der Waals surface area contributed by atoms with E-state index in [1.807, 2.05) is 18.2 Å². The first-order valence-corrected chi connectivity index (χ1v) is 7.37. The molecule has 1 saturated heterocycles. The minimum Gasteiger partial charge on any atom is -0.454 e. The van der Waals surface area contributed by atoms with Gasteiger partial charge in [-0.2, -0.15) is 0 Å². The summed E-state index contributed by atoms with van der Waals surface area (Å²) in [7, 11) is 0. The van der Waals surface area contributed by atoms with Crippen LogP contribution in [0.15, 0.2) is 36.4 Å². The molecule has 106 valence electrons. The van der Waals surface area contributed by atoms with Crippen LogP contribution in [0.25, 0.3) is 6.08 Å². The summed E-state index contributed by atoms with van der Waals surface area (Å²) in [5.41, 5.74) is 1.14. The molecule has 1 aromatic carbocycles. The molecular weight excluding hydrogens is 250 g/mol. The van der Waals surface area contributed by atoms with E-state index in [0.29, 0.717) is 6.79 Å². The fourth-order valence-electron chi connectivity index (χ4n) is 2.61. The standard InChI is InChI=1S/C17H21NO2/c1(4-10-18-11-5-2-6-12-18)3-7-15-8-9-16-17(13-15)20-14-19-16/h1,3-4,7-9,13H,2,5-6,10-12,14H2/b4-1+,7-3+. The van der Waals surface area contributed by atoms with E-state index >= 15 is 0 Å². The lowest BCUT2D eigenvalue weighted by atomic mass is 10.1. The van der Waals surface area contributed by atoms with E-state index in [1.54, 1.807) is 0 Å².